The van der Waals surface area contributed by atoms with Gasteiger partial charge in [-0.2, -0.15) is 0 Å². The van der Waals surface area contributed by atoms with Crippen LogP contribution in [0.5, 0.6) is 0 Å². The summed E-state index contributed by atoms with van der Waals surface area (Å²) in [7, 11) is 1.36. The van der Waals surface area contributed by atoms with Crippen LogP contribution in [0.4, 0.5) is 0 Å². The first-order valence-electron chi connectivity index (χ1n) is 5.88. The van der Waals surface area contributed by atoms with E-state index in [1.165, 1.54) is 7.11 Å². The smallest absolute Gasteiger partial charge is 0.310 e. The summed E-state index contributed by atoms with van der Waals surface area (Å²) in [5.41, 5.74) is 5.44. The third kappa shape index (κ3) is 3.43. The second kappa shape index (κ2) is 5.04. The fourth-order valence-electron chi connectivity index (χ4n) is 2.12. The minimum atomic E-state index is -0.447. The number of hydrogen-bond donors (Lipinski definition) is 1. The lowest BCUT2D eigenvalue weighted by atomic mass is 9.90. The lowest BCUT2D eigenvalue weighted by Gasteiger charge is -2.38. The quantitative estimate of drug-likeness (QED) is 0.675. The molecule has 0 bridgehead atoms. The maximum atomic E-state index is 12.1. The van der Waals surface area contributed by atoms with Gasteiger partial charge < -0.3 is 15.4 Å². The molecule has 0 aliphatic carbocycles. The maximum absolute atomic E-state index is 12.1. The molecule has 2 unspecified atom stereocenters. The highest BCUT2D eigenvalue weighted by molar-refractivity contribution is 5.82. The Morgan fingerprint density at radius 3 is 2.35 bits per heavy atom. The van der Waals surface area contributed by atoms with Gasteiger partial charge in [0.1, 0.15) is 0 Å². The molecule has 1 fully saturated rings. The standard InChI is InChI=1S/C12H22N2O3/c1-12(2,3)11(16)14-6-8(10(15)17-4)5-9(13)7-14/h8-9H,5-7,13H2,1-4H3. The number of likely N-dealkylation sites (tertiary alicyclic amines) is 1. The molecule has 5 nitrogen and oxygen atoms in total. The van der Waals surface area contributed by atoms with Crippen molar-refractivity contribution in [2.24, 2.45) is 17.1 Å². The normalized spacial score (nSPS) is 25.6. The zero-order valence-corrected chi connectivity index (χ0v) is 11.0. The van der Waals surface area contributed by atoms with Crippen LogP contribution in [0.25, 0.3) is 0 Å². The van der Waals surface area contributed by atoms with Gasteiger partial charge in [0.15, 0.2) is 0 Å². The summed E-state index contributed by atoms with van der Waals surface area (Å²) in [5.74, 6) is -0.552. The Balaban J connectivity index is 2.75. The van der Waals surface area contributed by atoms with Gasteiger partial charge in [-0.05, 0) is 6.42 Å². The van der Waals surface area contributed by atoms with E-state index in [-0.39, 0.29) is 23.8 Å². The Morgan fingerprint density at radius 1 is 1.29 bits per heavy atom. The minimum absolute atomic E-state index is 0.0292. The summed E-state index contributed by atoms with van der Waals surface area (Å²) < 4.78 is 4.72. The summed E-state index contributed by atoms with van der Waals surface area (Å²) in [6, 6.07) is -0.154. The molecular weight excluding hydrogens is 220 g/mol. The SMILES string of the molecule is COC(=O)C1CC(N)CN(C(=O)C(C)(C)C)C1. The molecule has 1 aliphatic rings. The molecule has 1 aliphatic heterocycles. The van der Waals surface area contributed by atoms with Gasteiger partial charge in [0.25, 0.3) is 0 Å². The fraction of sp³-hybridized carbons (Fsp3) is 0.833. The molecular formula is C12H22N2O3. The maximum Gasteiger partial charge on any atom is 0.310 e. The van der Waals surface area contributed by atoms with Gasteiger partial charge in [-0.3, -0.25) is 9.59 Å². The van der Waals surface area contributed by atoms with Crippen molar-refractivity contribution in [1.82, 2.24) is 4.90 Å². The Hall–Kier alpha value is -1.10. The largest absolute Gasteiger partial charge is 0.469 e. The molecule has 0 aromatic heterocycles. The number of rotatable bonds is 1. The number of amides is 1. The highest BCUT2D eigenvalue weighted by Gasteiger charge is 2.36. The number of nitrogens with two attached hydrogens (primary N) is 1. The van der Waals surface area contributed by atoms with E-state index in [2.05, 4.69) is 0 Å². The fourth-order valence-corrected chi connectivity index (χ4v) is 2.12. The number of ether oxygens (including phenoxy) is 1. The molecule has 0 aromatic carbocycles. The van der Waals surface area contributed by atoms with Crippen LogP contribution in [0.3, 0.4) is 0 Å². The number of piperidine rings is 1. The lowest BCUT2D eigenvalue weighted by Crippen LogP contribution is -2.53. The van der Waals surface area contributed by atoms with Crippen LogP contribution in [0, 0.1) is 11.3 Å². The highest BCUT2D eigenvalue weighted by atomic mass is 16.5. The third-order valence-electron chi connectivity index (χ3n) is 2.95. The van der Waals surface area contributed by atoms with Gasteiger partial charge in [-0.15, -0.1) is 0 Å². The molecule has 1 rings (SSSR count). The second-order valence-corrected chi connectivity index (χ2v) is 5.68. The summed E-state index contributed by atoms with van der Waals surface area (Å²) >= 11 is 0. The predicted octanol–water partition coefficient (Wildman–Crippen LogP) is 0.381. The highest BCUT2D eigenvalue weighted by Crippen LogP contribution is 2.23. The number of methoxy groups -OCH3 is 1. The number of esters is 1. The van der Waals surface area contributed by atoms with Crippen LogP contribution in [0.2, 0.25) is 0 Å². The Morgan fingerprint density at radius 2 is 1.88 bits per heavy atom. The first kappa shape index (κ1) is 14.0. The number of hydrogen-bond acceptors (Lipinski definition) is 4. The third-order valence-corrected chi connectivity index (χ3v) is 2.95. The molecule has 1 heterocycles. The van der Waals surface area contributed by atoms with Crippen LogP contribution < -0.4 is 5.73 Å². The van der Waals surface area contributed by atoms with Gasteiger partial charge in [0.05, 0.1) is 13.0 Å². The summed E-state index contributed by atoms with van der Waals surface area (Å²) in [4.78, 5) is 25.3. The van der Waals surface area contributed by atoms with Crippen LogP contribution >= 0.6 is 0 Å². The van der Waals surface area contributed by atoms with Gasteiger partial charge in [0.2, 0.25) is 5.91 Å². The molecule has 0 spiro atoms. The van der Waals surface area contributed by atoms with Gasteiger partial charge in [-0.1, -0.05) is 20.8 Å². The summed E-state index contributed by atoms with van der Waals surface area (Å²) in [6.45, 7) is 6.52. The van der Waals surface area contributed by atoms with Crippen molar-refractivity contribution in [1.29, 1.82) is 0 Å². The molecule has 2 atom stereocenters. The van der Waals surface area contributed by atoms with Crippen molar-refractivity contribution >= 4 is 11.9 Å². The Bertz CT molecular complexity index is 309. The second-order valence-electron chi connectivity index (χ2n) is 5.68. The van der Waals surface area contributed by atoms with Gasteiger partial charge in [-0.25, -0.2) is 0 Å². The topological polar surface area (TPSA) is 72.6 Å². The number of carbonyl (C=O) groups excluding carboxylic acids is 2. The van der Waals surface area contributed by atoms with E-state index in [1.807, 2.05) is 20.8 Å². The summed E-state index contributed by atoms with van der Waals surface area (Å²) in [6.07, 6.45) is 0.584. The zero-order chi connectivity index (χ0) is 13.2. The average Bonchev–Trinajstić information content (AvgIpc) is 2.24. The predicted molar refractivity (Wildman–Crippen MR) is 64.1 cm³/mol. The first-order chi connectivity index (χ1) is 7.75. The molecule has 1 saturated heterocycles. The van der Waals surface area contributed by atoms with Crippen LogP contribution in [-0.2, 0) is 14.3 Å². The molecule has 17 heavy (non-hydrogen) atoms. The minimum Gasteiger partial charge on any atom is -0.469 e. The molecule has 98 valence electrons. The van der Waals surface area contributed by atoms with Crippen molar-refractivity contribution in [3.05, 3.63) is 0 Å². The van der Waals surface area contributed by atoms with E-state index in [4.69, 9.17) is 10.5 Å². The number of nitrogens with zero attached hydrogens (tertiary/aromatic N) is 1. The van der Waals surface area contributed by atoms with Crippen molar-refractivity contribution in [2.45, 2.75) is 33.2 Å². The van der Waals surface area contributed by atoms with Crippen LogP contribution in [-0.4, -0.2) is 43.0 Å². The van der Waals surface area contributed by atoms with Crippen LogP contribution in [0.15, 0.2) is 0 Å². The molecule has 1 amide bonds. The molecule has 2 N–H and O–H groups in total. The molecule has 0 saturated carbocycles. The van der Waals surface area contributed by atoms with Crippen molar-refractivity contribution in [2.75, 3.05) is 20.2 Å². The van der Waals surface area contributed by atoms with Crippen molar-refractivity contribution < 1.29 is 14.3 Å². The van der Waals surface area contributed by atoms with E-state index in [9.17, 15) is 9.59 Å². The van der Waals surface area contributed by atoms with E-state index in [1.54, 1.807) is 4.90 Å². The molecule has 0 aromatic rings. The first-order valence-corrected chi connectivity index (χ1v) is 5.88. The Kier molecular flexibility index (Phi) is 4.14. The lowest BCUT2D eigenvalue weighted by molar-refractivity contribution is -0.151. The van der Waals surface area contributed by atoms with E-state index >= 15 is 0 Å². The van der Waals surface area contributed by atoms with Gasteiger partial charge >= 0.3 is 5.97 Å². The monoisotopic (exact) mass is 242 g/mol. The zero-order valence-electron chi connectivity index (χ0n) is 11.0. The molecule has 5 heteroatoms. The van der Waals surface area contributed by atoms with Crippen molar-refractivity contribution in [3.8, 4) is 0 Å². The average molecular weight is 242 g/mol. The summed E-state index contributed by atoms with van der Waals surface area (Å²) in [5, 5.41) is 0. The van der Waals surface area contributed by atoms with E-state index in [0.717, 1.165) is 0 Å². The van der Waals surface area contributed by atoms with Gasteiger partial charge in [0, 0.05) is 24.5 Å². The van der Waals surface area contributed by atoms with E-state index < -0.39 is 5.41 Å². The van der Waals surface area contributed by atoms with E-state index in [0.29, 0.717) is 19.5 Å². The number of carbonyl (C=O) groups is 2. The molecule has 0 radical (unpaired) electrons. The van der Waals surface area contributed by atoms with Crippen LogP contribution in [0.1, 0.15) is 27.2 Å². The van der Waals surface area contributed by atoms with Crippen molar-refractivity contribution in [3.63, 3.8) is 0 Å². The Labute approximate surface area is 102 Å².